The van der Waals surface area contributed by atoms with E-state index < -0.39 is 0 Å². The van der Waals surface area contributed by atoms with Gasteiger partial charge in [-0.1, -0.05) is 50.9 Å². The van der Waals surface area contributed by atoms with Crippen LogP contribution in [-0.4, -0.2) is 27.4 Å². The first kappa shape index (κ1) is 26.4. The second-order valence-corrected chi connectivity index (χ2v) is 4.42. The first-order valence-corrected chi connectivity index (χ1v) is 8.56. The third-order valence-electron chi connectivity index (χ3n) is 2.13. The number of halogens is 2. The number of hydrogen-bond donors (Lipinski definition) is 1. The van der Waals surface area contributed by atoms with Gasteiger partial charge in [-0.25, -0.2) is 0 Å². The summed E-state index contributed by atoms with van der Waals surface area (Å²) in [6, 6.07) is 3.69. The van der Waals surface area contributed by atoms with E-state index in [0.29, 0.717) is 22.4 Å². The van der Waals surface area contributed by atoms with Crippen molar-refractivity contribution in [3.8, 4) is 5.75 Å². The molecule has 0 radical (unpaired) electrons. The van der Waals surface area contributed by atoms with Gasteiger partial charge in [0.25, 0.3) is 0 Å². The van der Waals surface area contributed by atoms with Gasteiger partial charge < -0.3 is 15.2 Å². The van der Waals surface area contributed by atoms with Crippen LogP contribution in [0.5, 0.6) is 5.75 Å². The van der Waals surface area contributed by atoms with Gasteiger partial charge in [0.05, 0.1) is 16.7 Å². The summed E-state index contributed by atoms with van der Waals surface area (Å²) >= 11 is 12.1. The molecular formula is C17H33Cl2NO2. The largest absolute Gasteiger partial charge is 0.490 e. The van der Waals surface area contributed by atoms with Gasteiger partial charge >= 0.3 is 0 Å². The van der Waals surface area contributed by atoms with E-state index in [4.69, 9.17) is 32.7 Å². The molecule has 132 valence electrons. The van der Waals surface area contributed by atoms with Crippen LogP contribution in [0.3, 0.4) is 0 Å². The van der Waals surface area contributed by atoms with Crippen LogP contribution in [0.1, 0.15) is 46.1 Å². The molecule has 1 aromatic carbocycles. The minimum Gasteiger partial charge on any atom is -0.490 e. The average molecular weight is 354 g/mol. The van der Waals surface area contributed by atoms with E-state index in [0.717, 1.165) is 25.0 Å². The molecule has 1 rings (SSSR count). The number of rotatable bonds is 6. The summed E-state index contributed by atoms with van der Waals surface area (Å²) in [6.45, 7) is 11.3. The van der Waals surface area contributed by atoms with Crippen molar-refractivity contribution in [2.24, 2.45) is 5.73 Å². The van der Waals surface area contributed by atoms with E-state index >= 15 is 0 Å². The maximum absolute atomic E-state index is 6.04. The van der Waals surface area contributed by atoms with Crippen LogP contribution in [0, 0.1) is 6.92 Å². The molecule has 0 saturated carbocycles. The molecule has 0 aromatic heterocycles. The van der Waals surface area contributed by atoms with Crippen LogP contribution >= 0.6 is 23.2 Å². The van der Waals surface area contributed by atoms with Crippen molar-refractivity contribution in [1.82, 2.24) is 0 Å². The van der Waals surface area contributed by atoms with Crippen LogP contribution < -0.4 is 10.5 Å². The van der Waals surface area contributed by atoms with E-state index in [2.05, 4.69) is 5.73 Å². The molecular weight excluding hydrogens is 321 g/mol. The van der Waals surface area contributed by atoms with Crippen LogP contribution in [-0.2, 0) is 4.74 Å². The molecule has 5 heteroatoms. The maximum atomic E-state index is 6.04. The Labute approximate surface area is 147 Å². The molecule has 0 bridgehead atoms. The second kappa shape index (κ2) is 20.5. The van der Waals surface area contributed by atoms with Crippen molar-refractivity contribution in [2.45, 2.75) is 47.5 Å². The molecule has 0 heterocycles. The maximum Gasteiger partial charge on any atom is 0.156 e. The highest BCUT2D eigenvalue weighted by Crippen LogP contribution is 2.34. The summed E-state index contributed by atoms with van der Waals surface area (Å²) in [4.78, 5) is 0. The summed E-state index contributed by atoms with van der Waals surface area (Å²) in [7, 11) is 3.19. The lowest BCUT2D eigenvalue weighted by atomic mass is 10.2. The first-order valence-electron chi connectivity index (χ1n) is 7.80. The number of unbranched alkanes of at least 4 members (excludes halogenated alkanes) is 1. The summed E-state index contributed by atoms with van der Waals surface area (Å²) < 4.78 is 10.5. The van der Waals surface area contributed by atoms with Gasteiger partial charge in [-0.15, -0.1) is 0 Å². The Balaban J connectivity index is -0.000000535. The Bertz CT molecular complexity index is 324. The Morgan fingerprint density at radius 1 is 0.909 bits per heavy atom. The van der Waals surface area contributed by atoms with Gasteiger partial charge in [-0.05, 0) is 44.5 Å². The molecule has 0 spiro atoms. The fraction of sp³-hybridized carbons (Fsp3) is 0.647. The van der Waals surface area contributed by atoms with Crippen molar-refractivity contribution >= 4 is 23.2 Å². The second-order valence-electron chi connectivity index (χ2n) is 3.61. The summed E-state index contributed by atoms with van der Waals surface area (Å²) in [5.41, 5.74) is 5.53. The zero-order valence-electron chi connectivity index (χ0n) is 15.1. The van der Waals surface area contributed by atoms with Crippen molar-refractivity contribution in [3.05, 3.63) is 27.7 Å². The molecule has 0 aliphatic carbocycles. The average Bonchev–Trinajstić information content (AvgIpc) is 2.55. The van der Waals surface area contributed by atoms with E-state index in [9.17, 15) is 0 Å². The standard InChI is InChI=1S/C12H16Cl2O2.2C2H6.CH5N/c1-9-7-10(13)12(11(14)8-9)16-6-4-3-5-15-2;3*1-2/h7-8H,3-6H2,1-2H3;2*1-2H3;2H2,1H3. The molecule has 0 saturated heterocycles. The predicted octanol–water partition coefficient (Wildman–Crippen LogP) is 5.73. The fourth-order valence-electron chi connectivity index (χ4n) is 1.35. The normalized spacial score (nSPS) is 8.45. The van der Waals surface area contributed by atoms with Crippen molar-refractivity contribution in [1.29, 1.82) is 0 Å². The molecule has 0 unspecified atom stereocenters. The number of hydrogen-bond acceptors (Lipinski definition) is 3. The van der Waals surface area contributed by atoms with E-state index in [1.54, 1.807) is 7.11 Å². The zero-order valence-corrected chi connectivity index (χ0v) is 16.6. The Kier molecular flexibility index (Phi) is 24.6. The number of benzene rings is 1. The van der Waals surface area contributed by atoms with Gasteiger partial charge in [-0.3, -0.25) is 0 Å². The number of ether oxygens (including phenoxy) is 2. The first-order chi connectivity index (χ1) is 10.6. The van der Waals surface area contributed by atoms with Gasteiger partial charge in [-0.2, -0.15) is 0 Å². The lowest BCUT2D eigenvalue weighted by Crippen LogP contribution is -2.00. The van der Waals surface area contributed by atoms with Gasteiger partial charge in [0.1, 0.15) is 0 Å². The molecule has 1 aromatic rings. The van der Waals surface area contributed by atoms with Crippen LogP contribution in [0.25, 0.3) is 0 Å². The number of methoxy groups -OCH3 is 1. The van der Waals surface area contributed by atoms with Gasteiger partial charge in [0.15, 0.2) is 5.75 Å². The zero-order chi connectivity index (χ0) is 18.0. The van der Waals surface area contributed by atoms with Crippen molar-refractivity contribution in [2.75, 3.05) is 27.4 Å². The minimum absolute atomic E-state index is 0.566. The Hall–Kier alpha value is -0.480. The topological polar surface area (TPSA) is 44.5 Å². The molecule has 22 heavy (non-hydrogen) atoms. The Morgan fingerprint density at radius 3 is 1.73 bits per heavy atom. The minimum atomic E-state index is 0.566. The summed E-state index contributed by atoms with van der Waals surface area (Å²) in [5, 5.41) is 1.13. The van der Waals surface area contributed by atoms with E-state index in [-0.39, 0.29) is 0 Å². The predicted molar refractivity (Wildman–Crippen MR) is 101 cm³/mol. The molecule has 3 nitrogen and oxygen atoms in total. The summed E-state index contributed by atoms with van der Waals surface area (Å²) in [5.74, 6) is 0.575. The third kappa shape index (κ3) is 13.2. The van der Waals surface area contributed by atoms with Crippen LogP contribution in [0.2, 0.25) is 10.0 Å². The fourth-order valence-corrected chi connectivity index (χ4v) is 2.05. The molecule has 0 aliphatic heterocycles. The Morgan fingerprint density at radius 2 is 1.32 bits per heavy atom. The highest BCUT2D eigenvalue weighted by Gasteiger charge is 2.07. The monoisotopic (exact) mass is 353 g/mol. The van der Waals surface area contributed by atoms with E-state index in [1.807, 2.05) is 46.8 Å². The van der Waals surface area contributed by atoms with Crippen molar-refractivity contribution in [3.63, 3.8) is 0 Å². The third-order valence-corrected chi connectivity index (χ3v) is 2.69. The smallest absolute Gasteiger partial charge is 0.156 e. The summed E-state index contributed by atoms with van der Waals surface area (Å²) in [6.07, 6.45) is 1.89. The number of aryl methyl sites for hydroxylation is 1. The van der Waals surface area contributed by atoms with Crippen molar-refractivity contribution < 1.29 is 9.47 Å². The SMILES string of the molecule is CC.CC.CN.COCCCCOc1c(Cl)cc(C)cc1Cl. The molecule has 0 fully saturated rings. The molecule has 0 aliphatic rings. The lowest BCUT2D eigenvalue weighted by Gasteiger charge is -2.10. The van der Waals surface area contributed by atoms with Gasteiger partial charge in [0, 0.05) is 13.7 Å². The van der Waals surface area contributed by atoms with Gasteiger partial charge in [0.2, 0.25) is 0 Å². The highest BCUT2D eigenvalue weighted by atomic mass is 35.5. The highest BCUT2D eigenvalue weighted by molar-refractivity contribution is 6.37. The molecule has 2 N–H and O–H groups in total. The molecule has 0 amide bonds. The quantitative estimate of drug-likeness (QED) is 0.663. The van der Waals surface area contributed by atoms with Crippen LogP contribution in [0.4, 0.5) is 0 Å². The lowest BCUT2D eigenvalue weighted by molar-refractivity contribution is 0.184. The van der Waals surface area contributed by atoms with E-state index in [1.165, 1.54) is 7.05 Å². The molecule has 0 atom stereocenters. The number of nitrogens with two attached hydrogens (primary N) is 1. The van der Waals surface area contributed by atoms with Crippen LogP contribution in [0.15, 0.2) is 12.1 Å².